The van der Waals surface area contributed by atoms with Crippen molar-refractivity contribution in [2.75, 3.05) is 28.3 Å². The van der Waals surface area contributed by atoms with Gasteiger partial charge in [0.05, 0.1) is 18.8 Å². The van der Waals surface area contributed by atoms with Crippen molar-refractivity contribution >= 4 is 17.3 Å². The van der Waals surface area contributed by atoms with E-state index in [9.17, 15) is 0 Å². The van der Waals surface area contributed by atoms with Gasteiger partial charge in [-0.15, -0.1) is 11.3 Å². The van der Waals surface area contributed by atoms with Crippen LogP contribution in [0.1, 0.15) is 34.9 Å². The van der Waals surface area contributed by atoms with E-state index in [2.05, 4.69) is 37.7 Å². The Morgan fingerprint density at radius 3 is 2.69 bits per heavy atom. The minimum atomic E-state index is 0.0220. The van der Waals surface area contributed by atoms with Crippen LogP contribution < -0.4 is 5.32 Å². The number of thiazole rings is 1. The lowest BCUT2D eigenvalue weighted by atomic mass is 10.1. The van der Waals surface area contributed by atoms with Gasteiger partial charge in [-0.1, -0.05) is 24.3 Å². The summed E-state index contributed by atoms with van der Waals surface area (Å²) in [6.07, 6.45) is 0.0220. The number of rotatable bonds is 8. The molecule has 0 fully saturated rings. The lowest BCUT2D eigenvalue weighted by Gasteiger charge is -2.22. The molecule has 0 bridgehead atoms. The first-order chi connectivity index (χ1) is 12.6. The van der Waals surface area contributed by atoms with Crippen molar-refractivity contribution in [2.24, 2.45) is 4.99 Å². The normalized spacial score (nSPS) is 12.9. The molecule has 2 rings (SSSR count). The molecule has 0 spiro atoms. The predicted octanol–water partition coefficient (Wildman–Crippen LogP) is 3.20. The van der Waals surface area contributed by atoms with E-state index in [0.29, 0.717) is 19.7 Å². The smallest absolute Gasteiger partial charge is 0.194 e. The van der Waals surface area contributed by atoms with Gasteiger partial charge in [0.2, 0.25) is 0 Å². The Labute approximate surface area is 159 Å². The molecule has 142 valence electrons. The van der Waals surface area contributed by atoms with Crippen LogP contribution in [0.25, 0.3) is 0 Å². The van der Waals surface area contributed by atoms with Crippen LogP contribution in [-0.4, -0.2) is 44.2 Å². The number of benzene rings is 1. The highest BCUT2D eigenvalue weighted by Crippen LogP contribution is 2.21. The number of hydrogen-bond donors (Lipinski definition) is 1. The third kappa shape index (κ3) is 5.52. The number of methoxy groups -OCH3 is 2. The summed E-state index contributed by atoms with van der Waals surface area (Å²) in [5.41, 5.74) is 3.39. The first-order valence-corrected chi connectivity index (χ1v) is 9.41. The van der Waals surface area contributed by atoms with Gasteiger partial charge in [-0.3, -0.25) is 4.99 Å². The molecule has 0 aliphatic rings. The molecule has 0 amide bonds. The SMILES string of the molecule is CN=C(NCc1ccccc1COC)N(C)Cc1csc(C(C)OC)n1. The lowest BCUT2D eigenvalue weighted by molar-refractivity contribution is 0.119. The third-order valence-electron chi connectivity index (χ3n) is 4.10. The van der Waals surface area contributed by atoms with E-state index in [1.54, 1.807) is 32.6 Å². The number of ether oxygens (including phenoxy) is 2. The maximum Gasteiger partial charge on any atom is 0.194 e. The lowest BCUT2D eigenvalue weighted by Crippen LogP contribution is -2.38. The highest BCUT2D eigenvalue weighted by molar-refractivity contribution is 7.09. The molecule has 1 aromatic heterocycles. The second-order valence-corrected chi connectivity index (χ2v) is 6.90. The van der Waals surface area contributed by atoms with E-state index < -0.39 is 0 Å². The third-order valence-corrected chi connectivity index (χ3v) is 5.15. The first-order valence-electron chi connectivity index (χ1n) is 8.53. The fraction of sp³-hybridized carbons (Fsp3) is 0.474. The Morgan fingerprint density at radius 2 is 2.04 bits per heavy atom. The molecular weight excluding hydrogens is 348 g/mol. The van der Waals surface area contributed by atoms with Crippen LogP contribution in [0.15, 0.2) is 34.6 Å². The van der Waals surface area contributed by atoms with Crippen molar-refractivity contribution in [3.8, 4) is 0 Å². The number of aromatic nitrogens is 1. The van der Waals surface area contributed by atoms with Gasteiger partial charge >= 0.3 is 0 Å². The topological polar surface area (TPSA) is 59.0 Å². The average molecular weight is 377 g/mol. The molecule has 1 N–H and O–H groups in total. The predicted molar refractivity (Wildman–Crippen MR) is 106 cm³/mol. The summed E-state index contributed by atoms with van der Waals surface area (Å²) in [7, 11) is 7.21. The summed E-state index contributed by atoms with van der Waals surface area (Å²) in [6, 6.07) is 8.25. The van der Waals surface area contributed by atoms with Crippen molar-refractivity contribution in [3.05, 3.63) is 51.5 Å². The summed E-state index contributed by atoms with van der Waals surface area (Å²) < 4.78 is 10.6. The van der Waals surface area contributed by atoms with Gasteiger partial charge in [-0.05, 0) is 18.1 Å². The molecular formula is C19H28N4O2S. The van der Waals surface area contributed by atoms with Crippen LogP contribution in [0.4, 0.5) is 0 Å². The quantitative estimate of drug-likeness (QED) is 0.566. The molecule has 0 aliphatic carbocycles. The Kier molecular flexibility index (Phi) is 8.03. The minimum Gasteiger partial charge on any atom is -0.380 e. The van der Waals surface area contributed by atoms with Gasteiger partial charge in [0.1, 0.15) is 11.1 Å². The van der Waals surface area contributed by atoms with Crippen molar-refractivity contribution in [2.45, 2.75) is 32.7 Å². The molecule has 0 aliphatic heterocycles. The van der Waals surface area contributed by atoms with Crippen LogP contribution in [-0.2, 0) is 29.2 Å². The van der Waals surface area contributed by atoms with Crippen molar-refractivity contribution in [1.29, 1.82) is 0 Å². The summed E-state index contributed by atoms with van der Waals surface area (Å²) >= 11 is 1.62. The number of aliphatic imine (C=N–C) groups is 1. The largest absolute Gasteiger partial charge is 0.380 e. The van der Waals surface area contributed by atoms with E-state index in [0.717, 1.165) is 16.7 Å². The molecule has 1 atom stereocenters. The maximum absolute atomic E-state index is 5.33. The Bertz CT molecular complexity index is 717. The van der Waals surface area contributed by atoms with Crippen LogP contribution >= 0.6 is 11.3 Å². The standard InChI is InChI=1S/C19H28N4O2S/c1-14(25-5)18-22-17(13-26-18)11-23(3)19(20-2)21-10-15-8-6-7-9-16(15)12-24-4/h6-9,13-14H,10-12H2,1-5H3,(H,20,21). The number of nitrogens with zero attached hydrogens (tertiary/aromatic N) is 3. The van der Waals surface area contributed by atoms with Crippen LogP contribution in [0.2, 0.25) is 0 Å². The fourth-order valence-electron chi connectivity index (χ4n) is 2.59. The van der Waals surface area contributed by atoms with Gasteiger partial charge in [-0.25, -0.2) is 4.98 Å². The zero-order valence-corrected chi connectivity index (χ0v) is 17.0. The van der Waals surface area contributed by atoms with Crippen molar-refractivity contribution < 1.29 is 9.47 Å². The van der Waals surface area contributed by atoms with Gasteiger partial charge in [0.25, 0.3) is 0 Å². The highest BCUT2D eigenvalue weighted by atomic mass is 32.1. The number of guanidine groups is 1. The summed E-state index contributed by atoms with van der Waals surface area (Å²) in [4.78, 5) is 11.1. The first kappa shape index (κ1) is 20.4. The summed E-state index contributed by atoms with van der Waals surface area (Å²) in [5.74, 6) is 0.826. The number of nitrogens with one attached hydrogen (secondary N) is 1. The Hall–Kier alpha value is -1.96. The molecule has 0 saturated carbocycles. The highest BCUT2D eigenvalue weighted by Gasteiger charge is 2.13. The molecule has 1 heterocycles. The molecule has 7 heteroatoms. The van der Waals surface area contributed by atoms with Crippen molar-refractivity contribution in [3.63, 3.8) is 0 Å². The summed E-state index contributed by atoms with van der Waals surface area (Å²) in [5, 5.41) is 6.48. The zero-order valence-electron chi connectivity index (χ0n) is 16.2. The molecule has 0 radical (unpaired) electrons. The monoisotopic (exact) mass is 376 g/mol. The number of hydrogen-bond acceptors (Lipinski definition) is 5. The van der Waals surface area contributed by atoms with E-state index in [1.807, 2.05) is 26.1 Å². The van der Waals surface area contributed by atoms with Crippen LogP contribution in [0.3, 0.4) is 0 Å². The average Bonchev–Trinajstić information content (AvgIpc) is 3.11. The van der Waals surface area contributed by atoms with E-state index >= 15 is 0 Å². The van der Waals surface area contributed by atoms with Gasteiger partial charge in [0.15, 0.2) is 5.96 Å². The van der Waals surface area contributed by atoms with Gasteiger partial charge < -0.3 is 19.7 Å². The molecule has 1 aromatic carbocycles. The fourth-order valence-corrected chi connectivity index (χ4v) is 3.43. The Morgan fingerprint density at radius 1 is 1.31 bits per heavy atom. The van der Waals surface area contributed by atoms with E-state index in [1.165, 1.54) is 11.1 Å². The van der Waals surface area contributed by atoms with Crippen LogP contribution in [0, 0.1) is 0 Å². The molecule has 26 heavy (non-hydrogen) atoms. The minimum absolute atomic E-state index is 0.0220. The van der Waals surface area contributed by atoms with Gasteiger partial charge in [0, 0.05) is 40.2 Å². The Balaban J connectivity index is 1.97. The van der Waals surface area contributed by atoms with Gasteiger partial charge in [-0.2, -0.15) is 0 Å². The molecule has 2 aromatic rings. The van der Waals surface area contributed by atoms with Crippen LogP contribution in [0.5, 0.6) is 0 Å². The van der Waals surface area contributed by atoms with E-state index in [-0.39, 0.29) is 6.10 Å². The summed E-state index contributed by atoms with van der Waals surface area (Å²) in [6.45, 7) is 3.99. The second-order valence-electron chi connectivity index (χ2n) is 6.01. The van der Waals surface area contributed by atoms with Crippen molar-refractivity contribution in [1.82, 2.24) is 15.2 Å². The second kappa shape index (κ2) is 10.3. The zero-order chi connectivity index (χ0) is 18.9. The molecule has 0 saturated heterocycles. The molecule has 6 nitrogen and oxygen atoms in total. The van der Waals surface area contributed by atoms with E-state index in [4.69, 9.17) is 9.47 Å². The maximum atomic E-state index is 5.33. The molecule has 1 unspecified atom stereocenters.